The number of aromatic nitrogens is 1. The van der Waals surface area contributed by atoms with E-state index >= 15 is 0 Å². The number of nitrogens with zero attached hydrogens (tertiary/aromatic N) is 2. The van der Waals surface area contributed by atoms with Gasteiger partial charge in [-0.3, -0.25) is 9.59 Å². The van der Waals surface area contributed by atoms with E-state index in [4.69, 9.17) is 0 Å². The Kier molecular flexibility index (Phi) is 5.27. The van der Waals surface area contributed by atoms with Crippen LogP contribution in [0.5, 0.6) is 0 Å². The van der Waals surface area contributed by atoms with E-state index in [1.165, 1.54) is 0 Å². The van der Waals surface area contributed by atoms with E-state index in [9.17, 15) is 9.59 Å². The number of anilines is 1. The molecule has 23 heavy (non-hydrogen) atoms. The molecule has 2 fully saturated rings. The molecule has 2 amide bonds. The average molecular weight is 381 g/mol. The second-order valence-corrected chi connectivity index (χ2v) is 7.08. The normalized spacial score (nSPS) is 24.5. The van der Waals surface area contributed by atoms with Crippen LogP contribution in [0.4, 0.5) is 5.82 Å². The van der Waals surface area contributed by atoms with Crippen LogP contribution < -0.4 is 10.6 Å². The summed E-state index contributed by atoms with van der Waals surface area (Å²) in [6, 6.07) is 3.60. The number of rotatable bonds is 3. The molecule has 0 aliphatic carbocycles. The Balaban J connectivity index is 1.57. The number of piperidine rings is 1. The zero-order chi connectivity index (χ0) is 16.2. The van der Waals surface area contributed by atoms with Crippen molar-refractivity contribution in [1.29, 1.82) is 0 Å². The highest BCUT2D eigenvalue weighted by Gasteiger charge is 2.32. The van der Waals surface area contributed by atoms with E-state index in [0.29, 0.717) is 12.4 Å². The molecule has 124 valence electrons. The molecule has 2 saturated heterocycles. The quantitative estimate of drug-likeness (QED) is 0.835. The van der Waals surface area contributed by atoms with Crippen molar-refractivity contribution in [2.75, 3.05) is 31.5 Å². The molecule has 0 bridgehead atoms. The van der Waals surface area contributed by atoms with Crippen LogP contribution in [0.2, 0.25) is 0 Å². The van der Waals surface area contributed by atoms with Gasteiger partial charge in [-0.1, -0.05) is 0 Å². The first-order valence-electron chi connectivity index (χ1n) is 8.05. The summed E-state index contributed by atoms with van der Waals surface area (Å²) >= 11 is 3.32. The number of nitrogens with one attached hydrogen (secondary N) is 2. The lowest BCUT2D eigenvalue weighted by Crippen LogP contribution is -2.46. The van der Waals surface area contributed by atoms with E-state index in [2.05, 4.69) is 31.5 Å². The highest BCUT2D eigenvalue weighted by molar-refractivity contribution is 9.10. The minimum Gasteiger partial charge on any atom is -0.342 e. The molecule has 2 aliphatic heterocycles. The highest BCUT2D eigenvalue weighted by Crippen LogP contribution is 2.22. The van der Waals surface area contributed by atoms with E-state index in [1.807, 2.05) is 11.0 Å². The minimum absolute atomic E-state index is 0.0538. The van der Waals surface area contributed by atoms with Crippen molar-refractivity contribution in [2.24, 2.45) is 11.8 Å². The fourth-order valence-corrected chi connectivity index (χ4v) is 3.43. The molecular formula is C16H21BrN4O2. The fourth-order valence-electron chi connectivity index (χ4n) is 3.19. The standard InChI is InChI=1S/C16H21BrN4O2/c17-13-3-4-14(19-9-13)20-15(22)12-2-1-7-21(10-12)16(23)11-5-6-18-8-11/h3-4,9,11-12,18H,1-2,5-8,10H2,(H,19,20,22). The SMILES string of the molecule is O=C(Nc1ccc(Br)cn1)C1CCCN(C(=O)C2CCNC2)C1. The number of hydrogen-bond donors (Lipinski definition) is 2. The van der Waals surface area contributed by atoms with Crippen molar-refractivity contribution < 1.29 is 9.59 Å². The molecule has 0 spiro atoms. The summed E-state index contributed by atoms with van der Waals surface area (Å²) in [5.74, 6) is 0.593. The fraction of sp³-hybridized carbons (Fsp3) is 0.562. The average Bonchev–Trinajstić information content (AvgIpc) is 3.11. The molecule has 0 saturated carbocycles. The molecule has 6 nitrogen and oxygen atoms in total. The third-order valence-corrected chi connectivity index (χ3v) is 4.96. The van der Waals surface area contributed by atoms with Crippen molar-refractivity contribution in [3.8, 4) is 0 Å². The second-order valence-electron chi connectivity index (χ2n) is 6.16. The molecule has 3 rings (SSSR count). The van der Waals surface area contributed by atoms with Crippen LogP contribution in [0, 0.1) is 11.8 Å². The molecule has 7 heteroatoms. The maximum atomic E-state index is 12.5. The van der Waals surface area contributed by atoms with Gasteiger partial charge in [0.2, 0.25) is 11.8 Å². The second kappa shape index (κ2) is 7.40. The summed E-state index contributed by atoms with van der Waals surface area (Å²) in [5.41, 5.74) is 0. The van der Waals surface area contributed by atoms with Crippen LogP contribution in [-0.2, 0) is 9.59 Å². The zero-order valence-electron chi connectivity index (χ0n) is 12.9. The predicted octanol–water partition coefficient (Wildman–Crippen LogP) is 1.63. The van der Waals surface area contributed by atoms with Crippen molar-refractivity contribution in [2.45, 2.75) is 19.3 Å². The summed E-state index contributed by atoms with van der Waals surface area (Å²) in [7, 11) is 0. The summed E-state index contributed by atoms with van der Waals surface area (Å²) in [6.45, 7) is 2.94. The van der Waals surface area contributed by atoms with Crippen LogP contribution in [-0.4, -0.2) is 47.9 Å². The molecule has 2 N–H and O–H groups in total. The molecular weight excluding hydrogens is 360 g/mol. The lowest BCUT2D eigenvalue weighted by atomic mass is 9.95. The lowest BCUT2D eigenvalue weighted by molar-refractivity contribution is -0.138. The van der Waals surface area contributed by atoms with Crippen LogP contribution in [0.3, 0.4) is 0 Å². The van der Waals surface area contributed by atoms with Crippen molar-refractivity contribution >= 4 is 33.6 Å². The van der Waals surface area contributed by atoms with E-state index < -0.39 is 0 Å². The molecule has 0 aromatic carbocycles. The van der Waals surface area contributed by atoms with E-state index in [1.54, 1.807) is 12.3 Å². The highest BCUT2D eigenvalue weighted by atomic mass is 79.9. The minimum atomic E-state index is -0.160. The van der Waals surface area contributed by atoms with Crippen molar-refractivity contribution in [3.05, 3.63) is 22.8 Å². The van der Waals surface area contributed by atoms with Gasteiger partial charge in [-0.05, 0) is 53.9 Å². The first kappa shape index (κ1) is 16.4. The zero-order valence-corrected chi connectivity index (χ0v) is 14.5. The predicted molar refractivity (Wildman–Crippen MR) is 90.8 cm³/mol. The van der Waals surface area contributed by atoms with Gasteiger partial charge >= 0.3 is 0 Å². The number of amides is 2. The van der Waals surface area contributed by atoms with Gasteiger partial charge in [0.1, 0.15) is 5.82 Å². The number of likely N-dealkylation sites (tertiary alicyclic amines) is 1. The Morgan fingerprint density at radius 1 is 1.30 bits per heavy atom. The largest absolute Gasteiger partial charge is 0.342 e. The molecule has 3 heterocycles. The topological polar surface area (TPSA) is 74.3 Å². The summed E-state index contributed by atoms with van der Waals surface area (Å²) in [6.07, 6.45) is 4.24. The van der Waals surface area contributed by atoms with Gasteiger partial charge in [0, 0.05) is 30.3 Å². The van der Waals surface area contributed by atoms with Crippen LogP contribution in [0.1, 0.15) is 19.3 Å². The maximum absolute atomic E-state index is 12.5. The van der Waals surface area contributed by atoms with Crippen LogP contribution >= 0.6 is 15.9 Å². The van der Waals surface area contributed by atoms with E-state index in [-0.39, 0.29) is 23.7 Å². The summed E-state index contributed by atoms with van der Waals surface area (Å²) < 4.78 is 0.870. The Labute approximate surface area is 144 Å². The Bertz CT molecular complexity index is 572. The number of halogens is 1. The molecule has 1 aromatic heterocycles. The van der Waals surface area contributed by atoms with Crippen molar-refractivity contribution in [1.82, 2.24) is 15.2 Å². The van der Waals surface area contributed by atoms with Gasteiger partial charge in [0.05, 0.1) is 11.8 Å². The van der Waals surface area contributed by atoms with Crippen LogP contribution in [0.15, 0.2) is 22.8 Å². The van der Waals surface area contributed by atoms with Gasteiger partial charge in [-0.2, -0.15) is 0 Å². The first-order chi connectivity index (χ1) is 11.1. The third-order valence-electron chi connectivity index (χ3n) is 4.49. The monoisotopic (exact) mass is 380 g/mol. The maximum Gasteiger partial charge on any atom is 0.230 e. The first-order valence-corrected chi connectivity index (χ1v) is 8.84. The molecule has 2 atom stereocenters. The third kappa shape index (κ3) is 4.09. The Morgan fingerprint density at radius 3 is 2.87 bits per heavy atom. The van der Waals surface area contributed by atoms with Crippen molar-refractivity contribution in [3.63, 3.8) is 0 Å². The van der Waals surface area contributed by atoms with Gasteiger partial charge in [-0.25, -0.2) is 4.98 Å². The molecule has 2 aliphatic rings. The van der Waals surface area contributed by atoms with E-state index in [0.717, 1.165) is 43.4 Å². The smallest absolute Gasteiger partial charge is 0.230 e. The Morgan fingerprint density at radius 2 is 2.17 bits per heavy atom. The van der Waals surface area contributed by atoms with Crippen LogP contribution in [0.25, 0.3) is 0 Å². The molecule has 0 radical (unpaired) electrons. The number of carbonyl (C=O) groups excluding carboxylic acids is 2. The molecule has 2 unspecified atom stereocenters. The number of pyridine rings is 1. The Hall–Kier alpha value is -1.47. The van der Waals surface area contributed by atoms with Gasteiger partial charge in [0.15, 0.2) is 0 Å². The number of hydrogen-bond acceptors (Lipinski definition) is 4. The van der Waals surface area contributed by atoms with Gasteiger partial charge < -0.3 is 15.5 Å². The number of carbonyl (C=O) groups is 2. The summed E-state index contributed by atoms with van der Waals surface area (Å²) in [4.78, 5) is 31.0. The summed E-state index contributed by atoms with van der Waals surface area (Å²) in [5, 5.41) is 6.07. The van der Waals surface area contributed by atoms with Gasteiger partial charge in [0.25, 0.3) is 0 Å². The molecule has 1 aromatic rings. The van der Waals surface area contributed by atoms with Gasteiger partial charge in [-0.15, -0.1) is 0 Å². The lowest BCUT2D eigenvalue weighted by Gasteiger charge is -2.33.